The number of nitrogens with one attached hydrogen (secondary N) is 1. The minimum Gasteiger partial charge on any atom is -0.497 e. The SMILES string of the molecule is COc1ccc(-n2nnnc2S[C@@H](C)C(=O)c2c[nH]c3ccccc23)cc1. The molecule has 7 nitrogen and oxygen atoms in total. The number of para-hydroxylation sites is 1. The van der Waals surface area contributed by atoms with Crippen molar-refractivity contribution in [2.24, 2.45) is 0 Å². The Kier molecular flexibility index (Phi) is 4.64. The van der Waals surface area contributed by atoms with Gasteiger partial charge in [-0.1, -0.05) is 30.0 Å². The van der Waals surface area contributed by atoms with Gasteiger partial charge < -0.3 is 9.72 Å². The summed E-state index contributed by atoms with van der Waals surface area (Å²) in [6.07, 6.45) is 1.76. The number of hydrogen-bond acceptors (Lipinski definition) is 6. The Morgan fingerprint density at radius 3 is 2.74 bits per heavy atom. The quantitative estimate of drug-likeness (QED) is 0.407. The van der Waals surface area contributed by atoms with Crippen molar-refractivity contribution in [1.29, 1.82) is 0 Å². The number of benzene rings is 2. The third-order valence-corrected chi connectivity index (χ3v) is 5.30. The van der Waals surface area contributed by atoms with Crippen LogP contribution < -0.4 is 4.74 Å². The number of thioether (sulfide) groups is 1. The standard InChI is InChI=1S/C19H17N5O2S/c1-12(18(25)16-11-20-17-6-4-3-5-15(16)17)27-19-21-22-23-24(19)13-7-9-14(26-2)10-8-13/h3-12,20H,1-2H3/t12-/m0/s1. The third kappa shape index (κ3) is 3.31. The lowest BCUT2D eigenvalue weighted by Crippen LogP contribution is -2.14. The van der Waals surface area contributed by atoms with Gasteiger partial charge in [-0.05, 0) is 47.7 Å². The van der Waals surface area contributed by atoms with E-state index < -0.39 is 0 Å². The molecule has 4 rings (SSSR count). The topological polar surface area (TPSA) is 85.7 Å². The number of H-pyrrole nitrogens is 1. The molecular formula is C19H17N5O2S. The number of carbonyl (C=O) groups excluding carboxylic acids is 1. The van der Waals surface area contributed by atoms with Crippen molar-refractivity contribution >= 4 is 28.4 Å². The molecule has 0 unspecified atom stereocenters. The molecule has 8 heteroatoms. The summed E-state index contributed by atoms with van der Waals surface area (Å²) < 4.78 is 6.79. The highest BCUT2D eigenvalue weighted by atomic mass is 32.2. The van der Waals surface area contributed by atoms with Crippen LogP contribution in [0.4, 0.5) is 0 Å². The highest BCUT2D eigenvalue weighted by molar-refractivity contribution is 8.00. The normalized spacial score (nSPS) is 12.2. The summed E-state index contributed by atoms with van der Waals surface area (Å²) in [6.45, 7) is 1.86. The molecule has 1 atom stereocenters. The van der Waals surface area contributed by atoms with Gasteiger partial charge in [0.15, 0.2) is 5.78 Å². The minimum absolute atomic E-state index is 0.0294. The van der Waals surface area contributed by atoms with Gasteiger partial charge in [0.1, 0.15) is 5.75 Å². The van der Waals surface area contributed by atoms with Crippen LogP contribution in [0.25, 0.3) is 16.6 Å². The first-order valence-corrected chi connectivity index (χ1v) is 9.25. The maximum Gasteiger partial charge on any atom is 0.214 e. The second-order valence-electron chi connectivity index (χ2n) is 5.94. The lowest BCUT2D eigenvalue weighted by atomic mass is 10.1. The first-order chi connectivity index (χ1) is 13.2. The fraction of sp³-hybridized carbons (Fsp3) is 0.158. The van der Waals surface area contributed by atoms with E-state index >= 15 is 0 Å². The zero-order valence-corrected chi connectivity index (χ0v) is 15.6. The van der Waals surface area contributed by atoms with Crippen molar-refractivity contribution in [3.05, 3.63) is 60.3 Å². The van der Waals surface area contributed by atoms with Gasteiger partial charge in [0.2, 0.25) is 5.16 Å². The summed E-state index contributed by atoms with van der Waals surface area (Å²) in [7, 11) is 1.62. The van der Waals surface area contributed by atoms with E-state index in [-0.39, 0.29) is 11.0 Å². The first-order valence-electron chi connectivity index (χ1n) is 8.37. The van der Waals surface area contributed by atoms with Crippen LogP contribution in [0.5, 0.6) is 5.75 Å². The number of ketones is 1. The van der Waals surface area contributed by atoms with E-state index in [1.807, 2.05) is 55.5 Å². The molecule has 0 bridgehead atoms. The van der Waals surface area contributed by atoms with Gasteiger partial charge in [-0.25, -0.2) is 0 Å². The highest BCUT2D eigenvalue weighted by Crippen LogP contribution is 2.28. The van der Waals surface area contributed by atoms with Crippen molar-refractivity contribution in [2.75, 3.05) is 7.11 Å². The Morgan fingerprint density at radius 2 is 1.96 bits per heavy atom. The zero-order valence-electron chi connectivity index (χ0n) is 14.8. The fourth-order valence-corrected chi connectivity index (χ4v) is 3.72. The maximum atomic E-state index is 12.9. The molecule has 0 aliphatic carbocycles. The molecule has 136 valence electrons. The Morgan fingerprint density at radius 1 is 1.19 bits per heavy atom. The number of rotatable bonds is 6. The van der Waals surface area contributed by atoms with Crippen molar-refractivity contribution in [1.82, 2.24) is 25.2 Å². The molecule has 0 amide bonds. The van der Waals surface area contributed by atoms with E-state index in [1.165, 1.54) is 11.8 Å². The van der Waals surface area contributed by atoms with Crippen molar-refractivity contribution in [2.45, 2.75) is 17.3 Å². The second kappa shape index (κ2) is 7.24. The largest absolute Gasteiger partial charge is 0.497 e. The lowest BCUT2D eigenvalue weighted by molar-refractivity contribution is 0.0995. The number of methoxy groups -OCH3 is 1. The minimum atomic E-state index is -0.341. The average Bonchev–Trinajstić information content (AvgIpc) is 3.34. The molecular weight excluding hydrogens is 362 g/mol. The van der Waals surface area contributed by atoms with E-state index in [9.17, 15) is 4.79 Å². The number of carbonyl (C=O) groups is 1. The van der Waals surface area contributed by atoms with Crippen LogP contribution in [-0.4, -0.2) is 43.3 Å². The number of aromatic nitrogens is 5. The molecule has 1 N–H and O–H groups in total. The van der Waals surface area contributed by atoms with Crippen LogP contribution >= 0.6 is 11.8 Å². The predicted molar refractivity (Wildman–Crippen MR) is 104 cm³/mol. The van der Waals surface area contributed by atoms with Gasteiger partial charge in [-0.2, -0.15) is 4.68 Å². The summed E-state index contributed by atoms with van der Waals surface area (Å²) in [5.41, 5.74) is 2.42. The van der Waals surface area contributed by atoms with Gasteiger partial charge in [0.05, 0.1) is 18.0 Å². The number of tetrazole rings is 1. The van der Waals surface area contributed by atoms with E-state index in [1.54, 1.807) is 18.0 Å². The number of nitrogens with zero attached hydrogens (tertiary/aromatic N) is 4. The van der Waals surface area contributed by atoms with Crippen LogP contribution in [0.1, 0.15) is 17.3 Å². The third-order valence-electron chi connectivity index (χ3n) is 4.26. The Balaban J connectivity index is 1.57. The fourth-order valence-electron chi connectivity index (χ4n) is 2.84. The summed E-state index contributed by atoms with van der Waals surface area (Å²) >= 11 is 1.33. The molecule has 27 heavy (non-hydrogen) atoms. The van der Waals surface area contributed by atoms with Crippen LogP contribution in [0.15, 0.2) is 59.9 Å². The summed E-state index contributed by atoms with van der Waals surface area (Å²) in [6, 6.07) is 15.2. The van der Waals surface area contributed by atoms with Gasteiger partial charge in [0, 0.05) is 22.7 Å². The lowest BCUT2D eigenvalue weighted by Gasteiger charge is -2.10. The van der Waals surface area contributed by atoms with E-state index in [0.717, 1.165) is 22.3 Å². The van der Waals surface area contributed by atoms with Crippen LogP contribution in [0.3, 0.4) is 0 Å². The molecule has 0 fully saturated rings. The number of aromatic amines is 1. The Bertz CT molecular complexity index is 1090. The van der Waals surface area contributed by atoms with Crippen LogP contribution in [-0.2, 0) is 0 Å². The van der Waals surface area contributed by atoms with Crippen LogP contribution in [0, 0.1) is 0 Å². The number of hydrogen-bond donors (Lipinski definition) is 1. The first kappa shape index (κ1) is 17.3. The molecule has 0 saturated heterocycles. The van der Waals surface area contributed by atoms with E-state index in [4.69, 9.17) is 4.74 Å². The molecule has 4 aromatic rings. The Hall–Kier alpha value is -3.13. The molecule has 0 saturated carbocycles. The van der Waals surface area contributed by atoms with Crippen molar-refractivity contribution < 1.29 is 9.53 Å². The maximum absolute atomic E-state index is 12.9. The van der Waals surface area contributed by atoms with E-state index in [0.29, 0.717) is 10.7 Å². The molecule has 2 heterocycles. The average molecular weight is 379 g/mol. The molecule has 0 spiro atoms. The van der Waals surface area contributed by atoms with Gasteiger partial charge >= 0.3 is 0 Å². The smallest absolute Gasteiger partial charge is 0.214 e. The highest BCUT2D eigenvalue weighted by Gasteiger charge is 2.22. The Labute approximate surface area is 159 Å². The molecule has 2 aromatic heterocycles. The van der Waals surface area contributed by atoms with Gasteiger partial charge in [-0.15, -0.1) is 5.10 Å². The van der Waals surface area contributed by atoms with Gasteiger partial charge in [-0.3, -0.25) is 4.79 Å². The molecule has 2 aromatic carbocycles. The number of fused-ring (bicyclic) bond motifs is 1. The van der Waals surface area contributed by atoms with Crippen molar-refractivity contribution in [3.63, 3.8) is 0 Å². The molecule has 0 aliphatic rings. The zero-order chi connectivity index (χ0) is 18.8. The summed E-state index contributed by atoms with van der Waals surface area (Å²) in [5, 5.41) is 13.0. The van der Waals surface area contributed by atoms with Gasteiger partial charge in [0.25, 0.3) is 0 Å². The number of Topliss-reactive ketones (excluding diaryl/α,β-unsaturated/α-hetero) is 1. The second-order valence-corrected chi connectivity index (χ2v) is 7.25. The molecule has 0 radical (unpaired) electrons. The molecule has 0 aliphatic heterocycles. The number of ether oxygens (including phenoxy) is 1. The van der Waals surface area contributed by atoms with Crippen LogP contribution in [0.2, 0.25) is 0 Å². The predicted octanol–water partition coefficient (Wildman–Crippen LogP) is 3.52. The van der Waals surface area contributed by atoms with Crippen molar-refractivity contribution in [3.8, 4) is 11.4 Å². The summed E-state index contributed by atoms with van der Waals surface area (Å²) in [5.74, 6) is 0.783. The van der Waals surface area contributed by atoms with E-state index in [2.05, 4.69) is 20.5 Å². The summed E-state index contributed by atoms with van der Waals surface area (Å²) in [4.78, 5) is 16.1. The monoisotopic (exact) mass is 379 g/mol.